The van der Waals surface area contributed by atoms with Gasteiger partial charge in [-0.3, -0.25) is 9.19 Å². The van der Waals surface area contributed by atoms with Gasteiger partial charge in [0.2, 0.25) is 5.95 Å². The number of para-hydroxylation sites is 1. The summed E-state index contributed by atoms with van der Waals surface area (Å²) in [6.07, 6.45) is 1.44. The van der Waals surface area contributed by atoms with Crippen LogP contribution in [0, 0.1) is 6.07 Å². The van der Waals surface area contributed by atoms with Crippen molar-refractivity contribution in [1.82, 2.24) is 9.97 Å². The summed E-state index contributed by atoms with van der Waals surface area (Å²) in [5.41, 5.74) is 1.97. The van der Waals surface area contributed by atoms with Crippen molar-refractivity contribution >= 4 is 34.2 Å². The molecule has 3 aromatic rings. The molecule has 1 radical (unpaired) electrons. The van der Waals surface area contributed by atoms with Crippen LogP contribution in [0.5, 0.6) is 0 Å². The maximum atomic E-state index is 11.3. The predicted octanol–water partition coefficient (Wildman–Crippen LogP) is 2.49. The van der Waals surface area contributed by atoms with Crippen LogP contribution >= 0.6 is 0 Å². The van der Waals surface area contributed by atoms with E-state index in [1.165, 1.54) is 12.3 Å². The second-order valence-electron chi connectivity index (χ2n) is 5.02. The number of nitrogens with one attached hydrogen (secondary N) is 2. The van der Waals surface area contributed by atoms with Crippen LogP contribution < -0.4 is 10.6 Å². The first-order valence-electron chi connectivity index (χ1n) is 7.32. The van der Waals surface area contributed by atoms with Gasteiger partial charge in [0.25, 0.3) is 0 Å². The normalized spacial score (nSPS) is 11.3. The third-order valence-electron chi connectivity index (χ3n) is 3.32. The fraction of sp³-hybridized carbons (Fsp3) is 0.0588. The summed E-state index contributed by atoms with van der Waals surface area (Å²) in [6, 6.07) is 16.5. The summed E-state index contributed by atoms with van der Waals surface area (Å²) in [5.74, 6) is 0.668. The summed E-state index contributed by atoms with van der Waals surface area (Å²) in [6.45, 7) is -0.0222. The molecule has 0 aliphatic rings. The van der Waals surface area contributed by atoms with Crippen molar-refractivity contribution in [1.29, 1.82) is 0 Å². The van der Waals surface area contributed by atoms with E-state index in [-0.39, 0.29) is 44.2 Å². The number of aromatic nitrogens is 2. The Hall–Kier alpha value is -1.71. The Balaban J connectivity index is 0.00000243. The molecule has 1 aromatic heterocycles. The van der Waals surface area contributed by atoms with Gasteiger partial charge in [0.05, 0.1) is 12.3 Å². The van der Waals surface area contributed by atoms with E-state index in [4.69, 9.17) is 5.11 Å². The third-order valence-corrected chi connectivity index (χ3v) is 4.03. The Kier molecular flexibility index (Phi) is 7.80. The molecule has 9 heteroatoms. The van der Waals surface area contributed by atoms with E-state index < -0.39 is 11.1 Å². The van der Waals surface area contributed by atoms with Crippen LogP contribution in [0.25, 0.3) is 0 Å². The van der Waals surface area contributed by atoms with Crippen molar-refractivity contribution in [3.8, 4) is 0 Å². The molecule has 0 aliphatic carbocycles. The fourth-order valence-corrected chi connectivity index (χ4v) is 2.60. The van der Waals surface area contributed by atoms with Gasteiger partial charge >= 0.3 is 0 Å². The number of aliphatic hydroxyl groups excluding tert-OH is 1. The van der Waals surface area contributed by atoms with Crippen LogP contribution in [0.15, 0.2) is 59.6 Å². The Morgan fingerprint density at radius 3 is 2.54 bits per heavy atom. The molecule has 0 spiro atoms. The molecular formula is C17H14N4O3SY-2. The first-order chi connectivity index (χ1) is 12.2. The van der Waals surface area contributed by atoms with E-state index in [0.29, 0.717) is 17.5 Å². The van der Waals surface area contributed by atoms with Crippen LogP contribution in [0.3, 0.4) is 0 Å². The van der Waals surface area contributed by atoms with E-state index in [9.17, 15) is 8.76 Å². The molecule has 7 nitrogen and oxygen atoms in total. The van der Waals surface area contributed by atoms with Crippen molar-refractivity contribution in [3.05, 3.63) is 66.4 Å². The minimum atomic E-state index is -2.36. The molecule has 1 atom stereocenters. The molecule has 3 rings (SSSR count). The summed E-state index contributed by atoms with van der Waals surface area (Å²) < 4.78 is 22.5. The number of anilines is 4. The quantitative estimate of drug-likeness (QED) is 0.397. The number of aliphatic hydroxyl groups is 1. The number of benzene rings is 2. The molecule has 0 saturated heterocycles. The van der Waals surface area contributed by atoms with Crippen LogP contribution in [-0.4, -0.2) is 23.8 Å². The predicted molar refractivity (Wildman–Crippen MR) is 93.4 cm³/mol. The first kappa shape index (κ1) is 20.6. The van der Waals surface area contributed by atoms with Crippen molar-refractivity contribution in [2.45, 2.75) is 11.5 Å². The second-order valence-corrected chi connectivity index (χ2v) is 5.93. The SMILES string of the molecule is O=S([O-])c1ccccc1Nc1[c-]cnc(Nc2ccc(CO)cc2)n1.[Y]. The van der Waals surface area contributed by atoms with Crippen molar-refractivity contribution in [2.24, 2.45) is 0 Å². The fourth-order valence-electron chi connectivity index (χ4n) is 2.11. The summed E-state index contributed by atoms with van der Waals surface area (Å²) >= 11 is -2.36. The largest absolute Gasteiger partial charge is 0.768 e. The van der Waals surface area contributed by atoms with E-state index in [2.05, 4.69) is 26.7 Å². The number of rotatable bonds is 6. The van der Waals surface area contributed by atoms with Crippen molar-refractivity contribution in [2.75, 3.05) is 10.6 Å². The zero-order valence-corrected chi connectivity index (χ0v) is 17.2. The summed E-state index contributed by atoms with van der Waals surface area (Å²) in [4.78, 5) is 8.50. The zero-order valence-electron chi connectivity index (χ0n) is 13.5. The van der Waals surface area contributed by atoms with Gasteiger partial charge in [-0.05, 0) is 46.7 Å². The molecule has 131 valence electrons. The van der Waals surface area contributed by atoms with Gasteiger partial charge in [-0.2, -0.15) is 0 Å². The Morgan fingerprint density at radius 2 is 1.85 bits per heavy atom. The summed E-state index contributed by atoms with van der Waals surface area (Å²) in [7, 11) is 0. The maximum absolute atomic E-state index is 11.3. The monoisotopic (exact) mass is 443 g/mol. The average Bonchev–Trinajstić information content (AvgIpc) is 2.63. The van der Waals surface area contributed by atoms with Gasteiger partial charge in [0.1, 0.15) is 0 Å². The Morgan fingerprint density at radius 1 is 1.12 bits per heavy atom. The second kappa shape index (κ2) is 9.84. The van der Waals surface area contributed by atoms with Gasteiger partial charge < -0.3 is 26.4 Å². The van der Waals surface area contributed by atoms with Gasteiger partial charge in [0, 0.05) is 43.3 Å². The molecule has 2 aromatic carbocycles. The molecule has 26 heavy (non-hydrogen) atoms. The van der Waals surface area contributed by atoms with Gasteiger partial charge in [-0.15, -0.1) is 6.20 Å². The van der Waals surface area contributed by atoms with E-state index in [1.54, 1.807) is 42.5 Å². The molecule has 0 saturated carbocycles. The molecule has 3 N–H and O–H groups in total. The van der Waals surface area contributed by atoms with Gasteiger partial charge in [0.15, 0.2) is 0 Å². The standard InChI is InChI=1S/C17H15N4O3S.Y/c22-11-12-5-7-13(8-6-12)19-17-18-10-9-16(21-17)20-14-3-1-2-4-15(14)25(23)24;/h1-8,10,22H,11H2,(H,23,24)(H2,18,19,20,21);/q-1;/p-1. The molecule has 0 bridgehead atoms. The smallest absolute Gasteiger partial charge is 0.223 e. The molecule has 1 unspecified atom stereocenters. The van der Waals surface area contributed by atoms with E-state index in [0.717, 1.165) is 11.3 Å². The first-order valence-corrected chi connectivity index (χ1v) is 8.40. The number of hydrogen-bond donors (Lipinski definition) is 3. The van der Waals surface area contributed by atoms with Crippen molar-refractivity contribution in [3.63, 3.8) is 0 Å². The molecule has 0 amide bonds. The van der Waals surface area contributed by atoms with E-state index in [1.807, 2.05) is 0 Å². The third kappa shape index (κ3) is 5.39. The minimum Gasteiger partial charge on any atom is -0.768 e. The summed E-state index contributed by atoms with van der Waals surface area (Å²) in [5, 5.41) is 15.0. The molecule has 0 aliphatic heterocycles. The van der Waals surface area contributed by atoms with Crippen LogP contribution in [0.1, 0.15) is 5.56 Å². The Bertz CT molecular complexity index is 893. The van der Waals surface area contributed by atoms with Crippen LogP contribution in [0.2, 0.25) is 0 Å². The van der Waals surface area contributed by atoms with Crippen molar-refractivity contribution < 1.29 is 46.6 Å². The van der Waals surface area contributed by atoms with Gasteiger partial charge in [-0.25, -0.2) is 4.98 Å². The van der Waals surface area contributed by atoms with Gasteiger partial charge in [-0.1, -0.05) is 24.3 Å². The Labute approximate surface area is 178 Å². The number of nitrogens with zero attached hydrogens (tertiary/aromatic N) is 2. The van der Waals surface area contributed by atoms with E-state index >= 15 is 0 Å². The topological polar surface area (TPSA) is 110 Å². The molecule has 0 fully saturated rings. The minimum absolute atomic E-state index is 0. The maximum Gasteiger partial charge on any atom is 0.223 e. The van der Waals surface area contributed by atoms with Crippen LogP contribution in [0.4, 0.5) is 23.1 Å². The van der Waals surface area contributed by atoms with Crippen LogP contribution in [-0.2, 0) is 50.4 Å². The molecular weight excluding hydrogens is 429 g/mol. The average molecular weight is 443 g/mol. The molecule has 1 heterocycles. The number of hydrogen-bond acceptors (Lipinski definition) is 7. The zero-order chi connectivity index (χ0) is 17.6.